The van der Waals surface area contributed by atoms with Gasteiger partial charge in [0.25, 0.3) is 16.6 Å². The first kappa shape index (κ1) is 31.9. The van der Waals surface area contributed by atoms with E-state index in [1.165, 1.54) is 20.7 Å². The van der Waals surface area contributed by atoms with E-state index in [9.17, 15) is 5.11 Å². The quantitative estimate of drug-likeness (QED) is 0.170. The molecule has 220 valence electrons. The minimum Gasteiger partial charge on any atom is -0.404 e. The molecule has 0 bridgehead atoms. The van der Waals surface area contributed by atoms with E-state index >= 15 is 0 Å². The van der Waals surface area contributed by atoms with Crippen molar-refractivity contribution in [2.24, 2.45) is 0 Å². The molecule has 0 aromatic heterocycles. The predicted molar refractivity (Wildman–Crippen MR) is 182 cm³/mol. The molecule has 42 heavy (non-hydrogen) atoms. The van der Waals surface area contributed by atoms with E-state index in [2.05, 4.69) is 151 Å². The second-order valence-electron chi connectivity index (χ2n) is 12.9. The minimum absolute atomic E-state index is 0.103. The molecule has 0 heterocycles. The summed E-state index contributed by atoms with van der Waals surface area (Å²) in [5, 5.41) is 15.8. The van der Waals surface area contributed by atoms with Crippen LogP contribution in [0.2, 0.25) is 10.1 Å². The SMILES string of the molecule is CC(C)(C)[Si](OC/C=C/[C@@H](O)CO[Si](c1ccccc1)(c1ccccc1)C(C)(C)C)(c1ccccc1)c1ccccc1. The maximum Gasteiger partial charge on any atom is 0.261 e. The fourth-order valence-corrected chi connectivity index (χ4v) is 15.3. The molecule has 4 aromatic rings. The number of hydrogen-bond donors (Lipinski definition) is 1. The van der Waals surface area contributed by atoms with Crippen molar-refractivity contribution in [2.45, 2.75) is 57.7 Å². The molecule has 4 rings (SSSR count). The Hall–Kier alpha value is -3.07. The standard InChI is InChI=1S/C37H46O3Si2/c1-36(2,3)41(32-21-11-7-12-22-32,33-23-13-8-14-24-33)39-29-19-20-31(38)30-40-42(37(4,5)6,34-25-15-9-16-26-34)35-27-17-10-18-28-35/h7-28,31,38H,29-30H2,1-6H3/b20-19+/t31-/m1/s1. The predicted octanol–water partition coefficient (Wildman–Crippen LogP) is 6.06. The molecule has 1 N–H and O–H groups in total. The van der Waals surface area contributed by atoms with Crippen LogP contribution in [0.15, 0.2) is 133 Å². The monoisotopic (exact) mass is 594 g/mol. The van der Waals surface area contributed by atoms with Crippen LogP contribution >= 0.6 is 0 Å². The van der Waals surface area contributed by atoms with Crippen molar-refractivity contribution in [3.8, 4) is 0 Å². The van der Waals surface area contributed by atoms with Crippen LogP contribution in [-0.2, 0) is 8.85 Å². The average Bonchev–Trinajstić information content (AvgIpc) is 2.98. The van der Waals surface area contributed by atoms with Crippen LogP contribution < -0.4 is 20.7 Å². The number of aliphatic hydroxyl groups is 1. The van der Waals surface area contributed by atoms with Gasteiger partial charge >= 0.3 is 0 Å². The van der Waals surface area contributed by atoms with Crippen LogP contribution in [0.1, 0.15) is 41.5 Å². The van der Waals surface area contributed by atoms with Crippen LogP contribution in [0.25, 0.3) is 0 Å². The van der Waals surface area contributed by atoms with Gasteiger partial charge in [-0.3, -0.25) is 0 Å². The summed E-state index contributed by atoms with van der Waals surface area (Å²) in [6.45, 7) is 14.2. The first-order valence-electron chi connectivity index (χ1n) is 14.9. The van der Waals surface area contributed by atoms with Crippen molar-refractivity contribution >= 4 is 37.4 Å². The molecule has 0 saturated heterocycles. The van der Waals surface area contributed by atoms with E-state index in [4.69, 9.17) is 8.85 Å². The third kappa shape index (κ3) is 6.61. The van der Waals surface area contributed by atoms with E-state index < -0.39 is 22.7 Å². The summed E-state index contributed by atoms with van der Waals surface area (Å²) in [6.07, 6.45) is 3.03. The largest absolute Gasteiger partial charge is 0.404 e. The van der Waals surface area contributed by atoms with Gasteiger partial charge in [0.05, 0.1) is 19.3 Å². The van der Waals surface area contributed by atoms with Gasteiger partial charge in [-0.1, -0.05) is 175 Å². The zero-order valence-corrected chi connectivity index (χ0v) is 28.0. The highest BCUT2D eigenvalue weighted by atomic mass is 28.4. The average molecular weight is 595 g/mol. The lowest BCUT2D eigenvalue weighted by molar-refractivity contribution is 0.138. The van der Waals surface area contributed by atoms with Gasteiger partial charge in [0, 0.05) is 0 Å². The molecular formula is C37H46O3Si2. The maximum absolute atomic E-state index is 11.2. The van der Waals surface area contributed by atoms with Crippen molar-refractivity contribution in [2.75, 3.05) is 13.2 Å². The summed E-state index contributed by atoms with van der Waals surface area (Å²) in [5.41, 5.74) is 0. The lowest BCUT2D eigenvalue weighted by atomic mass is 10.2. The Kier molecular flexibility index (Phi) is 10.2. The zero-order chi connectivity index (χ0) is 30.3. The Bertz CT molecular complexity index is 1310. The van der Waals surface area contributed by atoms with Crippen molar-refractivity contribution in [1.82, 2.24) is 0 Å². The van der Waals surface area contributed by atoms with Crippen LogP contribution in [0.3, 0.4) is 0 Å². The molecule has 4 aromatic carbocycles. The molecule has 0 aliphatic carbocycles. The lowest BCUT2D eigenvalue weighted by Crippen LogP contribution is -2.67. The minimum atomic E-state index is -2.72. The maximum atomic E-state index is 11.2. The van der Waals surface area contributed by atoms with Gasteiger partial charge in [-0.2, -0.15) is 0 Å². The molecule has 0 amide bonds. The summed E-state index contributed by atoms with van der Waals surface area (Å²) in [5.74, 6) is 0. The smallest absolute Gasteiger partial charge is 0.261 e. The van der Waals surface area contributed by atoms with Crippen LogP contribution in [-0.4, -0.2) is 41.1 Å². The summed E-state index contributed by atoms with van der Waals surface area (Å²) in [7, 11) is -5.36. The van der Waals surface area contributed by atoms with Gasteiger partial charge < -0.3 is 14.0 Å². The molecule has 0 radical (unpaired) electrons. The number of aliphatic hydroxyl groups excluding tert-OH is 1. The second kappa shape index (κ2) is 13.5. The molecule has 0 aliphatic heterocycles. The van der Waals surface area contributed by atoms with E-state index in [0.717, 1.165) is 0 Å². The van der Waals surface area contributed by atoms with Crippen molar-refractivity contribution in [3.63, 3.8) is 0 Å². The Morgan fingerprint density at radius 2 is 0.857 bits per heavy atom. The first-order chi connectivity index (χ1) is 20.0. The summed E-state index contributed by atoms with van der Waals surface area (Å²) < 4.78 is 13.9. The number of benzene rings is 4. The molecule has 0 spiro atoms. The highest BCUT2D eigenvalue weighted by molar-refractivity contribution is 7.00. The Balaban J connectivity index is 1.57. The second-order valence-corrected chi connectivity index (χ2v) is 21.6. The van der Waals surface area contributed by atoms with E-state index in [1.54, 1.807) is 0 Å². The van der Waals surface area contributed by atoms with E-state index in [1.807, 2.05) is 24.3 Å². The van der Waals surface area contributed by atoms with Gasteiger partial charge in [0.1, 0.15) is 0 Å². The normalized spacial score (nSPS) is 13.8. The highest BCUT2D eigenvalue weighted by Crippen LogP contribution is 2.38. The number of rotatable bonds is 11. The van der Waals surface area contributed by atoms with Crippen LogP contribution in [0.5, 0.6) is 0 Å². The van der Waals surface area contributed by atoms with Gasteiger partial charge in [-0.15, -0.1) is 0 Å². The molecule has 0 fully saturated rings. The molecule has 0 saturated carbocycles. The van der Waals surface area contributed by atoms with Gasteiger partial charge in [-0.25, -0.2) is 0 Å². The van der Waals surface area contributed by atoms with Gasteiger partial charge in [0.2, 0.25) is 0 Å². The van der Waals surface area contributed by atoms with Gasteiger partial charge in [0.15, 0.2) is 0 Å². The van der Waals surface area contributed by atoms with Crippen molar-refractivity contribution < 1.29 is 14.0 Å². The first-order valence-corrected chi connectivity index (χ1v) is 18.7. The van der Waals surface area contributed by atoms with Crippen LogP contribution in [0.4, 0.5) is 0 Å². The van der Waals surface area contributed by atoms with Crippen molar-refractivity contribution in [1.29, 1.82) is 0 Å². The van der Waals surface area contributed by atoms with E-state index in [-0.39, 0.29) is 16.7 Å². The highest BCUT2D eigenvalue weighted by Gasteiger charge is 2.51. The third-order valence-corrected chi connectivity index (χ3v) is 18.1. The fourth-order valence-electron chi connectivity index (χ4n) is 6.17. The fraction of sp³-hybridized carbons (Fsp3) is 0.297. The summed E-state index contributed by atoms with van der Waals surface area (Å²) in [4.78, 5) is 0. The summed E-state index contributed by atoms with van der Waals surface area (Å²) >= 11 is 0. The molecule has 3 nitrogen and oxygen atoms in total. The lowest BCUT2D eigenvalue weighted by Gasteiger charge is -2.43. The van der Waals surface area contributed by atoms with Gasteiger partial charge in [-0.05, 0) is 30.8 Å². The summed E-state index contributed by atoms with van der Waals surface area (Å²) in [6, 6.07) is 42.3. The molecule has 0 aliphatic rings. The Morgan fingerprint density at radius 1 is 0.548 bits per heavy atom. The molecule has 0 unspecified atom stereocenters. The van der Waals surface area contributed by atoms with Crippen LogP contribution in [0, 0.1) is 0 Å². The zero-order valence-electron chi connectivity index (χ0n) is 26.0. The Labute approximate surface area is 255 Å². The number of hydrogen-bond acceptors (Lipinski definition) is 3. The van der Waals surface area contributed by atoms with E-state index in [0.29, 0.717) is 6.61 Å². The third-order valence-electron chi connectivity index (χ3n) is 8.06. The molecule has 1 atom stereocenters. The topological polar surface area (TPSA) is 38.7 Å². The molecular weight excluding hydrogens is 549 g/mol. The molecule has 5 heteroatoms. The van der Waals surface area contributed by atoms with Crippen molar-refractivity contribution in [3.05, 3.63) is 133 Å². The Morgan fingerprint density at radius 3 is 1.17 bits per heavy atom.